The van der Waals surface area contributed by atoms with E-state index in [1.807, 2.05) is 36.4 Å². The smallest absolute Gasteiger partial charge is 0.188 e. The summed E-state index contributed by atoms with van der Waals surface area (Å²) in [6, 6.07) is 48.0. The maximum atomic E-state index is 9.36. The Morgan fingerprint density at radius 2 is 1.19 bits per heavy atom. The molecule has 8 rings (SSSR count). The Hall–Kier alpha value is -6.10. The van der Waals surface area contributed by atoms with E-state index in [-0.39, 0.29) is 0 Å². The number of fused-ring (bicyclic) bond motifs is 6. The van der Waals surface area contributed by atoms with Gasteiger partial charge in [-0.2, -0.15) is 5.26 Å². The van der Waals surface area contributed by atoms with Crippen molar-refractivity contribution in [2.45, 2.75) is 0 Å². The van der Waals surface area contributed by atoms with Gasteiger partial charge in [0.1, 0.15) is 0 Å². The zero-order valence-corrected chi connectivity index (χ0v) is 22.5. The van der Waals surface area contributed by atoms with E-state index in [2.05, 4.69) is 117 Å². The lowest BCUT2D eigenvalue weighted by atomic mass is 10.0. The van der Waals surface area contributed by atoms with Gasteiger partial charge in [0.05, 0.1) is 46.0 Å². The van der Waals surface area contributed by atoms with Crippen molar-refractivity contribution in [2.24, 2.45) is 0 Å². The van der Waals surface area contributed by atoms with Crippen LogP contribution in [0.25, 0.3) is 71.0 Å². The van der Waals surface area contributed by atoms with E-state index in [0.717, 1.165) is 55.3 Å². The molecule has 0 bridgehead atoms. The topological polar surface area (TPSA) is 38.0 Å². The van der Waals surface area contributed by atoms with Crippen LogP contribution in [0.5, 0.6) is 0 Å². The summed E-state index contributed by atoms with van der Waals surface area (Å²) in [6.07, 6.45) is 0. The van der Waals surface area contributed by atoms with Gasteiger partial charge in [0.2, 0.25) is 0 Å². The van der Waals surface area contributed by atoms with Crippen molar-refractivity contribution in [3.05, 3.63) is 150 Å². The number of rotatable bonds is 3. The Morgan fingerprint density at radius 1 is 0.548 bits per heavy atom. The molecule has 2 aromatic heterocycles. The third-order valence-electron chi connectivity index (χ3n) is 8.17. The second kappa shape index (κ2) is 9.24. The van der Waals surface area contributed by atoms with E-state index in [9.17, 15) is 5.26 Å². The van der Waals surface area contributed by atoms with E-state index in [4.69, 9.17) is 6.57 Å². The maximum absolute atomic E-state index is 9.36. The first kappa shape index (κ1) is 23.8. The van der Waals surface area contributed by atoms with Crippen molar-refractivity contribution in [3.8, 4) is 28.6 Å². The number of para-hydroxylation sites is 3. The van der Waals surface area contributed by atoms with Gasteiger partial charge in [0.15, 0.2) is 5.69 Å². The number of nitriles is 1. The van der Waals surface area contributed by atoms with Crippen molar-refractivity contribution in [1.29, 1.82) is 5.26 Å². The van der Waals surface area contributed by atoms with Crippen LogP contribution in [0.2, 0.25) is 0 Å². The molecule has 0 saturated heterocycles. The molecule has 0 aliphatic heterocycles. The molecule has 2 heterocycles. The van der Waals surface area contributed by atoms with Crippen LogP contribution in [0.4, 0.5) is 5.69 Å². The first-order valence-corrected chi connectivity index (χ1v) is 13.8. The van der Waals surface area contributed by atoms with Gasteiger partial charge in [0, 0.05) is 27.4 Å². The number of nitrogens with zero attached hydrogens (tertiary/aromatic N) is 4. The van der Waals surface area contributed by atoms with Crippen molar-refractivity contribution in [1.82, 2.24) is 9.13 Å². The van der Waals surface area contributed by atoms with Crippen molar-refractivity contribution < 1.29 is 0 Å². The van der Waals surface area contributed by atoms with Crippen LogP contribution in [0.3, 0.4) is 0 Å². The molecule has 0 unspecified atom stereocenters. The fraction of sp³-hybridized carbons (Fsp3) is 0. The molecule has 8 aromatic rings. The molecule has 0 amide bonds. The van der Waals surface area contributed by atoms with Gasteiger partial charge in [-0.25, -0.2) is 4.85 Å². The average molecular weight is 535 g/mol. The Balaban J connectivity index is 1.41. The number of hydrogen-bond donors (Lipinski definition) is 0. The highest BCUT2D eigenvalue weighted by molar-refractivity contribution is 6.12. The van der Waals surface area contributed by atoms with E-state index in [1.165, 1.54) is 10.8 Å². The SMILES string of the molecule is [C-]#[N+]c1ccc2c(c1)c1ccccc1n2-c1ccccc1-c1ccc2c3ccccc3n(-c3ccc(C#N)cc3)c2c1. The van der Waals surface area contributed by atoms with Gasteiger partial charge in [-0.05, 0) is 71.6 Å². The second-order valence-electron chi connectivity index (χ2n) is 10.4. The Kier molecular flexibility index (Phi) is 5.22. The average Bonchev–Trinajstić information content (AvgIpc) is 3.57. The Morgan fingerprint density at radius 3 is 1.95 bits per heavy atom. The lowest BCUT2D eigenvalue weighted by molar-refractivity contribution is 1.17. The largest absolute Gasteiger partial charge is 0.309 e. The van der Waals surface area contributed by atoms with Gasteiger partial charge in [-0.15, -0.1) is 0 Å². The first-order chi connectivity index (χ1) is 20.7. The molecule has 4 heteroatoms. The summed E-state index contributed by atoms with van der Waals surface area (Å²) in [5.41, 5.74) is 10.0. The predicted octanol–water partition coefficient (Wildman–Crippen LogP) is 9.97. The zero-order chi connectivity index (χ0) is 28.2. The summed E-state index contributed by atoms with van der Waals surface area (Å²) in [7, 11) is 0. The van der Waals surface area contributed by atoms with Crippen LogP contribution in [-0.2, 0) is 0 Å². The standard InChI is InChI=1S/C38H22N4/c1-40-27-17-21-37-33(23-27)31-10-4-7-13-36(31)42(37)34-11-5-2-8-29(34)26-16-20-32-30-9-3-6-12-35(30)41(38(32)22-26)28-18-14-25(24-39)15-19-28/h2-23H. The Labute approximate surface area is 242 Å². The van der Waals surface area contributed by atoms with Crippen molar-refractivity contribution >= 4 is 49.3 Å². The van der Waals surface area contributed by atoms with Crippen LogP contribution in [0.15, 0.2) is 133 Å². The van der Waals surface area contributed by atoms with E-state index in [1.54, 1.807) is 0 Å². The van der Waals surface area contributed by atoms with E-state index < -0.39 is 0 Å². The molecule has 4 nitrogen and oxygen atoms in total. The quantitative estimate of drug-likeness (QED) is 0.208. The molecule has 0 aliphatic carbocycles. The molecular weight excluding hydrogens is 512 g/mol. The molecule has 0 radical (unpaired) electrons. The summed E-state index contributed by atoms with van der Waals surface area (Å²) >= 11 is 0. The van der Waals surface area contributed by atoms with E-state index >= 15 is 0 Å². The number of aromatic nitrogens is 2. The third-order valence-corrected chi connectivity index (χ3v) is 8.17. The van der Waals surface area contributed by atoms with Crippen molar-refractivity contribution in [3.63, 3.8) is 0 Å². The predicted molar refractivity (Wildman–Crippen MR) is 172 cm³/mol. The van der Waals surface area contributed by atoms with Crippen LogP contribution in [0, 0.1) is 17.9 Å². The number of benzene rings is 6. The molecule has 0 atom stereocenters. The summed E-state index contributed by atoms with van der Waals surface area (Å²) < 4.78 is 4.60. The summed E-state index contributed by atoms with van der Waals surface area (Å²) in [4.78, 5) is 3.69. The second-order valence-corrected chi connectivity index (χ2v) is 10.4. The van der Waals surface area contributed by atoms with Crippen LogP contribution in [-0.4, -0.2) is 9.13 Å². The fourth-order valence-corrected chi connectivity index (χ4v) is 6.30. The van der Waals surface area contributed by atoms with Crippen LogP contribution in [0.1, 0.15) is 5.56 Å². The molecule has 6 aromatic carbocycles. The van der Waals surface area contributed by atoms with E-state index in [0.29, 0.717) is 11.3 Å². The molecule has 0 aliphatic rings. The van der Waals surface area contributed by atoms with Crippen molar-refractivity contribution in [2.75, 3.05) is 0 Å². The molecular formula is C38H22N4. The minimum atomic E-state index is 0.639. The van der Waals surface area contributed by atoms with Gasteiger partial charge < -0.3 is 9.13 Å². The highest BCUT2D eigenvalue weighted by Crippen LogP contribution is 2.39. The monoisotopic (exact) mass is 534 g/mol. The fourth-order valence-electron chi connectivity index (χ4n) is 6.30. The molecule has 0 spiro atoms. The maximum Gasteiger partial charge on any atom is 0.188 e. The molecule has 0 fully saturated rings. The zero-order valence-electron chi connectivity index (χ0n) is 22.5. The lowest BCUT2D eigenvalue weighted by Crippen LogP contribution is -1.97. The molecule has 0 saturated carbocycles. The summed E-state index contributed by atoms with van der Waals surface area (Å²) in [6.45, 7) is 7.55. The lowest BCUT2D eigenvalue weighted by Gasteiger charge is -2.15. The minimum Gasteiger partial charge on any atom is -0.309 e. The molecule has 42 heavy (non-hydrogen) atoms. The third kappa shape index (κ3) is 3.47. The van der Waals surface area contributed by atoms with Crippen LogP contribution >= 0.6 is 0 Å². The number of hydrogen-bond acceptors (Lipinski definition) is 1. The normalized spacial score (nSPS) is 11.3. The molecule has 0 N–H and O–H groups in total. The summed E-state index contributed by atoms with van der Waals surface area (Å²) in [5, 5.41) is 13.9. The highest BCUT2D eigenvalue weighted by Gasteiger charge is 2.18. The van der Waals surface area contributed by atoms with Gasteiger partial charge in [0.25, 0.3) is 0 Å². The van der Waals surface area contributed by atoms with Gasteiger partial charge >= 0.3 is 0 Å². The minimum absolute atomic E-state index is 0.639. The first-order valence-electron chi connectivity index (χ1n) is 13.8. The highest BCUT2D eigenvalue weighted by atomic mass is 15.0. The van der Waals surface area contributed by atoms with Gasteiger partial charge in [-0.1, -0.05) is 72.8 Å². The van der Waals surface area contributed by atoms with Crippen LogP contribution < -0.4 is 0 Å². The molecule has 194 valence electrons. The summed E-state index contributed by atoms with van der Waals surface area (Å²) in [5.74, 6) is 0. The Bertz CT molecular complexity index is 2430. The van der Waals surface area contributed by atoms with Gasteiger partial charge in [-0.3, -0.25) is 0 Å².